The Morgan fingerprint density at radius 2 is 2.12 bits per heavy atom. The number of aromatic nitrogens is 2. The monoisotopic (exact) mass is 285 g/mol. The second kappa shape index (κ2) is 5.35. The van der Waals surface area contributed by atoms with Crippen molar-refractivity contribution in [3.8, 4) is 0 Å². The Hall–Kier alpha value is -0.310. The highest BCUT2D eigenvalue weighted by Crippen LogP contribution is 2.39. The van der Waals surface area contributed by atoms with Gasteiger partial charge in [0.1, 0.15) is 6.73 Å². The first-order valence-corrected chi connectivity index (χ1v) is 6.75. The van der Waals surface area contributed by atoms with Crippen LogP contribution in [0.2, 0.25) is 0 Å². The molecule has 0 saturated carbocycles. The Balaban J connectivity index is 2.80. The van der Waals surface area contributed by atoms with Gasteiger partial charge in [-0.15, -0.1) is 0 Å². The van der Waals surface area contributed by atoms with Crippen LogP contribution in [0, 0.1) is 9.61 Å². The van der Waals surface area contributed by atoms with Crippen molar-refractivity contribution in [2.45, 2.75) is 13.7 Å². The molecule has 10 heteroatoms. The van der Waals surface area contributed by atoms with Crippen molar-refractivity contribution in [3.63, 3.8) is 0 Å². The summed E-state index contributed by atoms with van der Waals surface area (Å²) in [6.07, 6.45) is 0. The zero-order valence-corrected chi connectivity index (χ0v) is 11.3. The molecule has 1 atom stereocenters. The fraction of sp³-hybridized carbons (Fsp3) is 0.667. The predicted octanol–water partition coefficient (Wildman–Crippen LogP) is 1.96. The van der Waals surface area contributed by atoms with Crippen LogP contribution in [0.15, 0.2) is 4.52 Å². The van der Waals surface area contributed by atoms with Crippen LogP contribution in [0.5, 0.6) is 0 Å². The minimum atomic E-state index is -3.55. The molecule has 0 amide bonds. The first-order valence-electron chi connectivity index (χ1n) is 4.32. The molecule has 1 aromatic heterocycles. The number of nitrogens with zero attached hydrogens (tertiary/aromatic N) is 2. The SMILES string of the molecule is CCOP(N)(=O)OCn1c(=S)on(C)c1=S. The third kappa shape index (κ3) is 3.34. The zero-order chi connectivity index (χ0) is 12.3. The molecule has 1 rings (SSSR count). The molecule has 1 unspecified atom stereocenters. The highest BCUT2D eigenvalue weighted by atomic mass is 32.1. The Morgan fingerprint density at radius 3 is 2.56 bits per heavy atom. The second-order valence-electron chi connectivity index (χ2n) is 2.78. The molecule has 0 radical (unpaired) electrons. The second-order valence-corrected chi connectivity index (χ2v) is 5.09. The average molecular weight is 285 g/mol. The van der Waals surface area contributed by atoms with E-state index in [4.69, 9.17) is 43.5 Å². The lowest BCUT2D eigenvalue weighted by atomic mass is 10.9. The van der Waals surface area contributed by atoms with Crippen molar-refractivity contribution in [2.75, 3.05) is 6.61 Å². The third-order valence-corrected chi connectivity index (χ3v) is 3.48. The highest BCUT2D eigenvalue weighted by Gasteiger charge is 2.18. The van der Waals surface area contributed by atoms with Gasteiger partial charge in [0.05, 0.1) is 6.61 Å². The van der Waals surface area contributed by atoms with Gasteiger partial charge in [-0.05, 0) is 31.4 Å². The summed E-state index contributed by atoms with van der Waals surface area (Å²) in [6, 6.07) is 0. The van der Waals surface area contributed by atoms with Crippen LogP contribution in [0.1, 0.15) is 6.92 Å². The number of rotatable bonds is 5. The maximum Gasteiger partial charge on any atom is 0.404 e. The van der Waals surface area contributed by atoms with Gasteiger partial charge < -0.3 is 4.52 Å². The third-order valence-electron chi connectivity index (χ3n) is 1.61. The molecule has 92 valence electrons. The topological polar surface area (TPSA) is 84.5 Å². The normalized spacial score (nSPS) is 14.9. The van der Waals surface area contributed by atoms with Crippen LogP contribution in [0.3, 0.4) is 0 Å². The van der Waals surface area contributed by atoms with Gasteiger partial charge in [0.25, 0.3) is 4.84 Å². The van der Waals surface area contributed by atoms with Gasteiger partial charge in [-0.3, -0.25) is 13.6 Å². The van der Waals surface area contributed by atoms with Crippen molar-refractivity contribution in [3.05, 3.63) is 9.61 Å². The molecule has 0 bridgehead atoms. The maximum atomic E-state index is 11.4. The average Bonchev–Trinajstić information content (AvgIpc) is 2.39. The minimum Gasteiger partial charge on any atom is -0.346 e. The summed E-state index contributed by atoms with van der Waals surface area (Å²) in [4.78, 5) is 0.115. The molecule has 0 fully saturated rings. The largest absolute Gasteiger partial charge is 0.404 e. The molecule has 0 saturated heterocycles. The maximum absolute atomic E-state index is 11.4. The zero-order valence-electron chi connectivity index (χ0n) is 8.78. The Bertz CT molecular complexity index is 519. The Kier molecular flexibility index (Phi) is 4.60. The van der Waals surface area contributed by atoms with Crippen LogP contribution >= 0.6 is 32.2 Å². The molecular formula is C6H12N3O4PS2. The molecular weight excluding hydrogens is 273 g/mol. The summed E-state index contributed by atoms with van der Waals surface area (Å²) in [6.45, 7) is 1.68. The molecule has 0 aromatic carbocycles. The standard InChI is InChI=1S/C6H12N3O4PS2/c1-3-11-14(7,10)12-4-9-5(15)8(2)13-6(9)16/h3-4H2,1-2H3,(H2,7,10). The fourth-order valence-corrected chi connectivity index (χ4v) is 2.11. The summed E-state index contributed by atoms with van der Waals surface area (Å²) in [5.74, 6) is 0. The summed E-state index contributed by atoms with van der Waals surface area (Å²) in [5, 5.41) is 0. The van der Waals surface area contributed by atoms with E-state index in [1.165, 1.54) is 9.31 Å². The van der Waals surface area contributed by atoms with Crippen molar-refractivity contribution >= 4 is 32.2 Å². The minimum absolute atomic E-state index is 0.115. The smallest absolute Gasteiger partial charge is 0.346 e. The number of hydrogen-bond acceptors (Lipinski definition) is 6. The van der Waals surface area contributed by atoms with E-state index in [2.05, 4.69) is 0 Å². The van der Waals surface area contributed by atoms with E-state index >= 15 is 0 Å². The molecule has 7 nitrogen and oxygen atoms in total. The number of nitrogens with two attached hydrogens (primary N) is 1. The lowest BCUT2D eigenvalue weighted by Gasteiger charge is -2.11. The number of hydrogen-bond donors (Lipinski definition) is 1. The summed E-state index contributed by atoms with van der Waals surface area (Å²) in [5.41, 5.74) is 5.27. The van der Waals surface area contributed by atoms with Crippen molar-refractivity contribution < 1.29 is 18.1 Å². The van der Waals surface area contributed by atoms with Gasteiger partial charge in [-0.25, -0.2) is 10.1 Å². The quantitative estimate of drug-likeness (QED) is 0.653. The van der Waals surface area contributed by atoms with Crippen LogP contribution in [-0.4, -0.2) is 15.9 Å². The van der Waals surface area contributed by atoms with E-state index in [1.807, 2.05) is 0 Å². The lowest BCUT2D eigenvalue weighted by Crippen LogP contribution is -2.08. The Labute approximate surface area is 102 Å². The van der Waals surface area contributed by atoms with E-state index < -0.39 is 7.75 Å². The summed E-state index contributed by atoms with van der Waals surface area (Å²) >= 11 is 9.85. The first kappa shape index (κ1) is 13.8. The molecule has 0 aliphatic heterocycles. The molecule has 16 heavy (non-hydrogen) atoms. The van der Waals surface area contributed by atoms with Gasteiger partial charge in [0, 0.05) is 7.05 Å². The van der Waals surface area contributed by atoms with Crippen LogP contribution in [0.4, 0.5) is 0 Å². The van der Waals surface area contributed by atoms with Gasteiger partial charge >= 0.3 is 7.75 Å². The number of aryl methyl sites for hydroxylation is 1. The summed E-state index contributed by atoms with van der Waals surface area (Å²) < 4.78 is 29.0. The molecule has 0 aliphatic carbocycles. The van der Waals surface area contributed by atoms with E-state index in [1.54, 1.807) is 14.0 Å². The van der Waals surface area contributed by atoms with Crippen LogP contribution < -0.4 is 5.50 Å². The molecule has 0 spiro atoms. The lowest BCUT2D eigenvalue weighted by molar-refractivity contribution is 0.166. The molecule has 0 aliphatic rings. The molecule has 2 N–H and O–H groups in total. The van der Waals surface area contributed by atoms with Crippen molar-refractivity contribution in [1.29, 1.82) is 0 Å². The van der Waals surface area contributed by atoms with E-state index in [9.17, 15) is 4.57 Å². The van der Waals surface area contributed by atoms with Gasteiger partial charge in [0.15, 0.2) is 0 Å². The van der Waals surface area contributed by atoms with E-state index in [0.29, 0.717) is 4.77 Å². The van der Waals surface area contributed by atoms with Gasteiger partial charge in [-0.2, -0.15) is 4.74 Å². The molecule has 1 aromatic rings. The van der Waals surface area contributed by atoms with E-state index in [0.717, 1.165) is 0 Å². The van der Waals surface area contributed by atoms with Crippen molar-refractivity contribution in [2.24, 2.45) is 12.6 Å². The fourth-order valence-electron chi connectivity index (χ4n) is 0.917. The van der Waals surface area contributed by atoms with Gasteiger partial charge in [-0.1, -0.05) is 0 Å². The van der Waals surface area contributed by atoms with Crippen molar-refractivity contribution in [1.82, 2.24) is 9.31 Å². The predicted molar refractivity (Wildman–Crippen MR) is 61.8 cm³/mol. The van der Waals surface area contributed by atoms with Crippen LogP contribution in [-0.2, 0) is 27.4 Å². The van der Waals surface area contributed by atoms with Gasteiger partial charge in [0.2, 0.25) is 4.77 Å². The summed E-state index contributed by atoms with van der Waals surface area (Å²) in [7, 11) is -1.96. The van der Waals surface area contributed by atoms with E-state index in [-0.39, 0.29) is 18.2 Å². The highest BCUT2D eigenvalue weighted by molar-refractivity contribution is 7.71. The van der Waals surface area contributed by atoms with Crippen LogP contribution in [0.25, 0.3) is 0 Å². The first-order chi connectivity index (χ1) is 7.37. The molecule has 1 heterocycles. The Morgan fingerprint density at radius 1 is 1.50 bits per heavy atom.